The lowest BCUT2D eigenvalue weighted by atomic mass is 9.97. The molecule has 2 aliphatic carbocycles. The molecule has 0 aliphatic heterocycles. The van der Waals surface area contributed by atoms with E-state index in [0.717, 1.165) is 43.2 Å². The normalized spacial score (nSPS) is 17.5. The first kappa shape index (κ1) is 20.7. The van der Waals surface area contributed by atoms with Crippen LogP contribution in [0.4, 0.5) is 15.2 Å². The molecule has 2 aromatic rings. The summed E-state index contributed by atoms with van der Waals surface area (Å²) < 4.78 is 13.9. The van der Waals surface area contributed by atoms with E-state index in [1.54, 1.807) is 13.0 Å². The number of thiazole rings is 1. The highest BCUT2D eigenvalue weighted by Gasteiger charge is 2.31. The van der Waals surface area contributed by atoms with Gasteiger partial charge in [0.1, 0.15) is 10.9 Å². The minimum Gasteiger partial charge on any atom is -0.352 e. The highest BCUT2D eigenvalue weighted by molar-refractivity contribution is 7.17. The van der Waals surface area contributed by atoms with Crippen molar-refractivity contribution in [2.24, 2.45) is 5.92 Å². The van der Waals surface area contributed by atoms with Crippen molar-refractivity contribution in [3.05, 3.63) is 34.8 Å². The largest absolute Gasteiger partial charge is 0.352 e. The van der Waals surface area contributed by atoms with Crippen LogP contribution >= 0.6 is 11.3 Å². The molecule has 7 nitrogen and oxygen atoms in total. The maximum absolute atomic E-state index is 13.9. The molecular formula is C21H26FN5O2S. The van der Waals surface area contributed by atoms with Gasteiger partial charge in [-0.2, -0.15) is 0 Å². The lowest BCUT2D eigenvalue weighted by Crippen LogP contribution is -2.48. The highest BCUT2D eigenvalue weighted by Crippen LogP contribution is 2.30. The molecule has 4 rings (SSSR count). The second-order valence-corrected chi connectivity index (χ2v) is 9.19. The first-order valence-corrected chi connectivity index (χ1v) is 11.3. The summed E-state index contributed by atoms with van der Waals surface area (Å²) in [7, 11) is 0. The van der Waals surface area contributed by atoms with E-state index in [9.17, 15) is 14.0 Å². The van der Waals surface area contributed by atoms with Crippen molar-refractivity contribution in [3.8, 4) is 0 Å². The van der Waals surface area contributed by atoms with E-state index in [0.29, 0.717) is 28.0 Å². The van der Waals surface area contributed by atoms with Crippen molar-refractivity contribution >= 4 is 34.0 Å². The van der Waals surface area contributed by atoms with Crippen LogP contribution in [0.1, 0.15) is 60.3 Å². The van der Waals surface area contributed by atoms with Gasteiger partial charge >= 0.3 is 0 Å². The van der Waals surface area contributed by atoms with Crippen LogP contribution in [0, 0.1) is 18.7 Å². The molecule has 3 N–H and O–H groups in total. The third kappa shape index (κ3) is 5.33. The van der Waals surface area contributed by atoms with Gasteiger partial charge in [0.15, 0.2) is 10.9 Å². The molecule has 2 fully saturated rings. The van der Waals surface area contributed by atoms with Gasteiger partial charge in [-0.25, -0.2) is 9.37 Å². The molecule has 0 bridgehead atoms. The summed E-state index contributed by atoms with van der Waals surface area (Å²) in [5, 5.41) is 9.20. The molecule has 1 atom stereocenters. The maximum atomic E-state index is 13.9. The molecule has 2 amide bonds. The van der Waals surface area contributed by atoms with Gasteiger partial charge in [0.2, 0.25) is 5.91 Å². The number of carbonyl (C=O) groups is 2. The smallest absolute Gasteiger partial charge is 0.263 e. The van der Waals surface area contributed by atoms with Gasteiger partial charge in [-0.05, 0) is 38.2 Å². The number of halogens is 1. The van der Waals surface area contributed by atoms with Crippen molar-refractivity contribution in [2.45, 2.75) is 64.0 Å². The van der Waals surface area contributed by atoms with Gasteiger partial charge in [0.25, 0.3) is 5.91 Å². The van der Waals surface area contributed by atoms with E-state index in [1.807, 2.05) is 0 Å². The van der Waals surface area contributed by atoms with Crippen molar-refractivity contribution in [3.63, 3.8) is 0 Å². The van der Waals surface area contributed by atoms with Crippen LogP contribution in [0.25, 0.3) is 0 Å². The van der Waals surface area contributed by atoms with Gasteiger partial charge < -0.3 is 16.0 Å². The van der Waals surface area contributed by atoms with E-state index in [4.69, 9.17) is 0 Å². The van der Waals surface area contributed by atoms with Crippen LogP contribution < -0.4 is 16.0 Å². The fourth-order valence-electron chi connectivity index (χ4n) is 3.76. The molecule has 2 aromatic heterocycles. The number of nitrogens with zero attached hydrogens (tertiary/aromatic N) is 2. The minimum absolute atomic E-state index is 0.102. The zero-order valence-electron chi connectivity index (χ0n) is 16.9. The number of amides is 2. The Morgan fingerprint density at radius 3 is 2.70 bits per heavy atom. The Balaban J connectivity index is 1.41. The lowest BCUT2D eigenvalue weighted by Gasteiger charge is -2.21. The number of pyridine rings is 1. The maximum Gasteiger partial charge on any atom is 0.263 e. The molecule has 9 heteroatoms. The predicted octanol–water partition coefficient (Wildman–Crippen LogP) is 3.69. The second-order valence-electron chi connectivity index (χ2n) is 8.16. The highest BCUT2D eigenvalue weighted by atomic mass is 32.1. The molecule has 160 valence electrons. The standard InChI is InChI=1S/C21H26FN5O2S/c1-12-8-16(15(22)10-23-12)27-21-24-11-18(30-21)20(29)26-17(9-13-4-2-3-5-13)19(28)25-14-6-7-14/h8,10-11,13-14,17H,2-7,9H2,1H3,(H,25,28)(H,26,29)(H,23,24,27)/t17-/m0/s1. The van der Waals surface area contributed by atoms with Gasteiger partial charge in [-0.15, -0.1) is 0 Å². The number of rotatable bonds is 8. The predicted molar refractivity (Wildman–Crippen MR) is 113 cm³/mol. The van der Waals surface area contributed by atoms with Crippen LogP contribution in [0.15, 0.2) is 18.5 Å². The van der Waals surface area contributed by atoms with Crippen LogP contribution in [-0.4, -0.2) is 33.9 Å². The summed E-state index contributed by atoms with van der Waals surface area (Å²) in [4.78, 5) is 33.9. The zero-order valence-corrected chi connectivity index (χ0v) is 17.7. The average molecular weight is 432 g/mol. The molecule has 0 spiro atoms. The first-order chi connectivity index (χ1) is 14.5. The van der Waals surface area contributed by atoms with Crippen molar-refractivity contribution in [2.75, 3.05) is 5.32 Å². The number of aryl methyl sites for hydroxylation is 1. The summed E-state index contributed by atoms with van der Waals surface area (Å²) in [6.45, 7) is 1.77. The van der Waals surface area contributed by atoms with Crippen LogP contribution in [0.3, 0.4) is 0 Å². The molecule has 0 unspecified atom stereocenters. The Bertz CT molecular complexity index is 924. The Morgan fingerprint density at radius 2 is 1.97 bits per heavy atom. The van der Waals surface area contributed by atoms with Gasteiger partial charge in [-0.1, -0.05) is 37.0 Å². The number of aromatic nitrogens is 2. The number of carbonyl (C=O) groups excluding carboxylic acids is 2. The fraction of sp³-hybridized carbons (Fsp3) is 0.524. The summed E-state index contributed by atoms with van der Waals surface area (Å²) in [5.74, 6) is -0.456. The van der Waals surface area contributed by atoms with E-state index in [2.05, 4.69) is 25.9 Å². The van der Waals surface area contributed by atoms with E-state index < -0.39 is 11.9 Å². The molecule has 2 heterocycles. The second kappa shape index (κ2) is 9.07. The summed E-state index contributed by atoms with van der Waals surface area (Å²) in [6, 6.07) is 1.29. The molecule has 30 heavy (non-hydrogen) atoms. The average Bonchev–Trinajstić information content (AvgIpc) is 3.17. The summed E-state index contributed by atoms with van der Waals surface area (Å²) in [6.07, 6.45) is 9.84. The Kier molecular flexibility index (Phi) is 6.26. The number of anilines is 2. The van der Waals surface area contributed by atoms with Gasteiger partial charge in [0, 0.05) is 11.7 Å². The SMILES string of the molecule is Cc1cc(Nc2ncc(C(=O)N[C@@H](CC3CCCC3)C(=O)NC3CC3)s2)c(F)cn1. The number of nitrogens with one attached hydrogen (secondary N) is 3. The molecule has 2 saturated carbocycles. The Hall–Kier alpha value is -2.55. The Labute approximate surface area is 178 Å². The molecule has 0 saturated heterocycles. The lowest BCUT2D eigenvalue weighted by molar-refractivity contribution is -0.123. The van der Waals surface area contributed by atoms with Crippen molar-refractivity contribution in [1.29, 1.82) is 0 Å². The monoisotopic (exact) mass is 431 g/mol. The van der Waals surface area contributed by atoms with Gasteiger partial charge in [-0.3, -0.25) is 14.6 Å². The van der Waals surface area contributed by atoms with E-state index in [-0.39, 0.29) is 23.5 Å². The van der Waals surface area contributed by atoms with E-state index >= 15 is 0 Å². The third-order valence-electron chi connectivity index (χ3n) is 5.55. The van der Waals surface area contributed by atoms with Crippen LogP contribution in [-0.2, 0) is 4.79 Å². The van der Waals surface area contributed by atoms with E-state index in [1.165, 1.54) is 19.0 Å². The van der Waals surface area contributed by atoms with Crippen molar-refractivity contribution in [1.82, 2.24) is 20.6 Å². The summed E-state index contributed by atoms with van der Waals surface area (Å²) >= 11 is 1.12. The number of hydrogen-bond donors (Lipinski definition) is 3. The molecular weight excluding hydrogens is 405 g/mol. The quantitative estimate of drug-likeness (QED) is 0.592. The van der Waals surface area contributed by atoms with Gasteiger partial charge in [0.05, 0.1) is 18.1 Å². The van der Waals surface area contributed by atoms with Crippen LogP contribution in [0.2, 0.25) is 0 Å². The topological polar surface area (TPSA) is 96.0 Å². The molecule has 2 aliphatic rings. The Morgan fingerprint density at radius 1 is 1.20 bits per heavy atom. The fourth-order valence-corrected chi connectivity index (χ4v) is 4.49. The van der Waals surface area contributed by atoms with Crippen LogP contribution in [0.5, 0.6) is 0 Å². The van der Waals surface area contributed by atoms with Crippen molar-refractivity contribution < 1.29 is 14.0 Å². The summed E-state index contributed by atoms with van der Waals surface area (Å²) in [5.41, 5.74) is 0.927. The third-order valence-corrected chi connectivity index (χ3v) is 6.46. The molecule has 0 radical (unpaired) electrons. The molecule has 0 aromatic carbocycles. The zero-order chi connectivity index (χ0) is 21.1. The first-order valence-electron chi connectivity index (χ1n) is 10.4. The number of hydrogen-bond acceptors (Lipinski definition) is 6. The minimum atomic E-state index is -0.542.